The van der Waals surface area contributed by atoms with Gasteiger partial charge >= 0.3 is 0 Å². The number of rotatable bonds is 5. The van der Waals surface area contributed by atoms with Crippen LogP contribution in [0.2, 0.25) is 0 Å². The number of hydrogen-bond acceptors (Lipinski definition) is 6. The van der Waals surface area contributed by atoms with E-state index in [1.807, 2.05) is 17.0 Å². The molecule has 0 atom stereocenters. The van der Waals surface area contributed by atoms with Gasteiger partial charge in [0.2, 0.25) is 0 Å². The van der Waals surface area contributed by atoms with E-state index in [9.17, 15) is 18.5 Å². The van der Waals surface area contributed by atoms with Crippen LogP contribution in [0.15, 0.2) is 47.4 Å². The number of morpholine rings is 1. The molecular formula is C17H19N3O5S. The Labute approximate surface area is 151 Å². The van der Waals surface area contributed by atoms with Crippen molar-refractivity contribution in [2.45, 2.75) is 11.8 Å². The molecule has 3 rings (SSSR count). The van der Waals surface area contributed by atoms with Crippen molar-refractivity contribution in [3.8, 4) is 0 Å². The predicted molar refractivity (Wildman–Crippen MR) is 98.1 cm³/mol. The summed E-state index contributed by atoms with van der Waals surface area (Å²) < 4.78 is 33.6. The molecule has 2 aromatic rings. The first-order valence-corrected chi connectivity index (χ1v) is 9.56. The number of para-hydroxylation sites is 2. The Bertz CT molecular complexity index is 924. The van der Waals surface area contributed by atoms with Crippen molar-refractivity contribution in [3.63, 3.8) is 0 Å². The Balaban J connectivity index is 1.96. The number of nitrogens with one attached hydrogen (secondary N) is 1. The number of aryl methyl sites for hydroxylation is 1. The molecule has 0 unspecified atom stereocenters. The summed E-state index contributed by atoms with van der Waals surface area (Å²) in [5, 5.41) is 11.0. The van der Waals surface area contributed by atoms with E-state index in [1.54, 1.807) is 19.1 Å². The fourth-order valence-corrected chi connectivity index (χ4v) is 4.17. The van der Waals surface area contributed by atoms with Crippen LogP contribution in [0.3, 0.4) is 0 Å². The predicted octanol–water partition coefficient (Wildman–Crippen LogP) is 2.54. The molecule has 0 amide bonds. The number of hydrogen-bond donors (Lipinski definition) is 1. The highest BCUT2D eigenvalue weighted by Gasteiger charge is 2.23. The Morgan fingerprint density at radius 3 is 2.54 bits per heavy atom. The van der Waals surface area contributed by atoms with Gasteiger partial charge in [0.1, 0.15) is 0 Å². The van der Waals surface area contributed by atoms with Crippen LogP contribution in [0.25, 0.3) is 0 Å². The van der Waals surface area contributed by atoms with Crippen LogP contribution in [-0.4, -0.2) is 39.6 Å². The smallest absolute Gasteiger partial charge is 0.270 e. The van der Waals surface area contributed by atoms with Crippen molar-refractivity contribution in [3.05, 3.63) is 58.1 Å². The lowest BCUT2D eigenvalue weighted by molar-refractivity contribution is -0.385. The topological polar surface area (TPSA) is 102 Å². The van der Waals surface area contributed by atoms with Gasteiger partial charge in [-0.3, -0.25) is 14.8 Å². The molecule has 8 nitrogen and oxygen atoms in total. The molecule has 0 saturated carbocycles. The quantitative estimate of drug-likeness (QED) is 0.635. The lowest BCUT2D eigenvalue weighted by Crippen LogP contribution is -2.36. The third-order valence-electron chi connectivity index (χ3n) is 4.17. The summed E-state index contributed by atoms with van der Waals surface area (Å²) in [7, 11) is -3.97. The first kappa shape index (κ1) is 18.2. The molecule has 1 saturated heterocycles. The van der Waals surface area contributed by atoms with Crippen LogP contribution in [0.5, 0.6) is 0 Å². The SMILES string of the molecule is Cc1ccc([N+](=O)[O-])cc1S(=O)(=O)Nc1ccccc1N1CCOCC1. The van der Waals surface area contributed by atoms with E-state index in [1.165, 1.54) is 12.1 Å². The average molecular weight is 377 g/mol. The number of nitrogens with zero attached hydrogens (tertiary/aromatic N) is 2. The Morgan fingerprint density at radius 1 is 1.15 bits per heavy atom. The standard InChI is InChI=1S/C17H19N3O5S/c1-13-6-7-14(20(21)22)12-17(13)26(23,24)18-15-4-2-3-5-16(15)19-8-10-25-11-9-19/h2-7,12,18H,8-11H2,1H3. The number of ether oxygens (including phenoxy) is 1. The van der Waals surface area contributed by atoms with Crippen LogP contribution >= 0.6 is 0 Å². The number of nitro benzene ring substituents is 1. The molecule has 9 heteroatoms. The van der Waals surface area contributed by atoms with E-state index in [-0.39, 0.29) is 10.6 Å². The summed E-state index contributed by atoms with van der Waals surface area (Å²) in [4.78, 5) is 12.3. The second kappa shape index (κ2) is 7.30. The molecule has 0 radical (unpaired) electrons. The van der Waals surface area contributed by atoms with E-state index in [4.69, 9.17) is 4.74 Å². The summed E-state index contributed by atoms with van der Waals surface area (Å²) >= 11 is 0. The first-order chi connectivity index (χ1) is 12.4. The number of benzene rings is 2. The summed E-state index contributed by atoms with van der Waals surface area (Å²) in [5.41, 5.74) is 1.35. The molecule has 26 heavy (non-hydrogen) atoms. The van der Waals surface area contributed by atoms with Crippen molar-refractivity contribution < 1.29 is 18.1 Å². The molecular weight excluding hydrogens is 358 g/mol. The van der Waals surface area contributed by atoms with Crippen molar-refractivity contribution in [2.75, 3.05) is 35.9 Å². The van der Waals surface area contributed by atoms with Gasteiger partial charge in [-0.1, -0.05) is 18.2 Å². The van der Waals surface area contributed by atoms with Crippen molar-refractivity contribution in [1.29, 1.82) is 0 Å². The third-order valence-corrected chi connectivity index (χ3v) is 5.68. The molecule has 2 aromatic carbocycles. The van der Waals surface area contributed by atoms with Crippen LogP contribution in [0.4, 0.5) is 17.1 Å². The van der Waals surface area contributed by atoms with E-state index < -0.39 is 14.9 Å². The molecule has 138 valence electrons. The van der Waals surface area contributed by atoms with Gasteiger partial charge in [-0.15, -0.1) is 0 Å². The highest BCUT2D eigenvalue weighted by Crippen LogP contribution is 2.30. The molecule has 1 fully saturated rings. The molecule has 1 aliphatic heterocycles. The zero-order valence-corrected chi connectivity index (χ0v) is 15.0. The van der Waals surface area contributed by atoms with Gasteiger partial charge in [-0.2, -0.15) is 0 Å². The molecule has 1 heterocycles. The number of anilines is 2. The van der Waals surface area contributed by atoms with E-state index in [0.717, 1.165) is 11.8 Å². The van der Waals surface area contributed by atoms with Crippen molar-refractivity contribution in [1.82, 2.24) is 0 Å². The molecule has 0 bridgehead atoms. The fourth-order valence-electron chi connectivity index (χ4n) is 2.83. The first-order valence-electron chi connectivity index (χ1n) is 8.08. The Hall–Kier alpha value is -2.65. The fraction of sp³-hybridized carbons (Fsp3) is 0.294. The largest absolute Gasteiger partial charge is 0.378 e. The van der Waals surface area contributed by atoms with Crippen LogP contribution < -0.4 is 9.62 Å². The summed E-state index contributed by atoms with van der Waals surface area (Å²) in [6.45, 7) is 4.07. The maximum absolute atomic E-state index is 12.9. The molecule has 0 aliphatic carbocycles. The Morgan fingerprint density at radius 2 is 1.85 bits per heavy atom. The number of non-ortho nitro benzene ring substituents is 1. The van der Waals surface area contributed by atoms with Crippen LogP contribution in [-0.2, 0) is 14.8 Å². The Kier molecular flexibility index (Phi) is 5.10. The highest BCUT2D eigenvalue weighted by atomic mass is 32.2. The summed E-state index contributed by atoms with van der Waals surface area (Å²) in [6, 6.07) is 10.9. The number of nitro groups is 1. The lowest BCUT2D eigenvalue weighted by Gasteiger charge is -2.30. The maximum Gasteiger partial charge on any atom is 0.270 e. The molecule has 1 aliphatic rings. The summed E-state index contributed by atoms with van der Waals surface area (Å²) in [6.07, 6.45) is 0. The van der Waals surface area contributed by atoms with Gasteiger partial charge in [-0.25, -0.2) is 8.42 Å². The van der Waals surface area contributed by atoms with Gasteiger partial charge in [0.15, 0.2) is 0 Å². The lowest BCUT2D eigenvalue weighted by atomic mass is 10.2. The minimum Gasteiger partial charge on any atom is -0.378 e. The number of sulfonamides is 1. The normalized spacial score (nSPS) is 14.9. The zero-order chi connectivity index (χ0) is 18.7. The van der Waals surface area contributed by atoms with Gasteiger partial charge in [-0.05, 0) is 24.6 Å². The van der Waals surface area contributed by atoms with E-state index in [0.29, 0.717) is 37.6 Å². The van der Waals surface area contributed by atoms with Crippen LogP contribution in [0.1, 0.15) is 5.56 Å². The van der Waals surface area contributed by atoms with Crippen molar-refractivity contribution >= 4 is 27.1 Å². The van der Waals surface area contributed by atoms with Crippen LogP contribution in [0, 0.1) is 17.0 Å². The van der Waals surface area contributed by atoms with Gasteiger partial charge in [0.05, 0.1) is 34.4 Å². The average Bonchev–Trinajstić information content (AvgIpc) is 2.62. The second-order valence-electron chi connectivity index (χ2n) is 5.93. The molecule has 0 spiro atoms. The van der Waals surface area contributed by atoms with E-state index >= 15 is 0 Å². The third kappa shape index (κ3) is 3.78. The monoisotopic (exact) mass is 377 g/mol. The summed E-state index contributed by atoms with van der Waals surface area (Å²) in [5.74, 6) is 0. The molecule has 1 N–H and O–H groups in total. The minimum absolute atomic E-state index is 0.108. The zero-order valence-electron chi connectivity index (χ0n) is 14.2. The maximum atomic E-state index is 12.9. The second-order valence-corrected chi connectivity index (χ2v) is 7.58. The van der Waals surface area contributed by atoms with Gasteiger partial charge in [0.25, 0.3) is 15.7 Å². The molecule has 0 aromatic heterocycles. The van der Waals surface area contributed by atoms with E-state index in [2.05, 4.69) is 4.72 Å². The highest BCUT2D eigenvalue weighted by molar-refractivity contribution is 7.92. The minimum atomic E-state index is -3.97. The van der Waals surface area contributed by atoms with Crippen molar-refractivity contribution in [2.24, 2.45) is 0 Å². The van der Waals surface area contributed by atoms with Gasteiger partial charge < -0.3 is 9.64 Å². The van der Waals surface area contributed by atoms with Gasteiger partial charge in [0, 0.05) is 25.2 Å².